The molecule has 0 unspecified atom stereocenters. The SMILES string of the molecule is Cl.O=C(NS(=O)(=O)C1CC1)[C@H]1CCCNC1. The average molecular weight is 269 g/mol. The van der Waals surface area contributed by atoms with Crippen LogP contribution in [-0.4, -0.2) is 32.7 Å². The van der Waals surface area contributed by atoms with Crippen LogP contribution in [0.4, 0.5) is 0 Å². The van der Waals surface area contributed by atoms with Crippen molar-refractivity contribution in [3.05, 3.63) is 0 Å². The topological polar surface area (TPSA) is 75.3 Å². The molecule has 0 bridgehead atoms. The second-order valence-corrected chi connectivity index (χ2v) is 6.21. The lowest BCUT2D eigenvalue weighted by Crippen LogP contribution is -2.43. The van der Waals surface area contributed by atoms with E-state index in [4.69, 9.17) is 0 Å². The number of hydrogen-bond acceptors (Lipinski definition) is 4. The Balaban J connectivity index is 0.00000128. The van der Waals surface area contributed by atoms with Crippen LogP contribution in [0.25, 0.3) is 0 Å². The van der Waals surface area contributed by atoms with Crippen LogP contribution in [0.2, 0.25) is 0 Å². The van der Waals surface area contributed by atoms with Crippen LogP contribution < -0.4 is 10.0 Å². The Morgan fingerprint density at radius 1 is 1.25 bits per heavy atom. The lowest BCUT2D eigenvalue weighted by atomic mass is 9.99. The second kappa shape index (κ2) is 5.33. The molecule has 94 valence electrons. The normalized spacial score (nSPS) is 25.6. The maximum absolute atomic E-state index is 11.6. The predicted octanol–water partition coefficient (Wildman–Crippen LogP) is 0.0162. The fourth-order valence-electron chi connectivity index (χ4n) is 1.76. The number of halogens is 1. The van der Waals surface area contributed by atoms with Gasteiger partial charge >= 0.3 is 0 Å². The van der Waals surface area contributed by atoms with Gasteiger partial charge in [-0.05, 0) is 32.2 Å². The monoisotopic (exact) mass is 268 g/mol. The van der Waals surface area contributed by atoms with E-state index in [1.54, 1.807) is 0 Å². The van der Waals surface area contributed by atoms with Crippen molar-refractivity contribution in [2.24, 2.45) is 5.92 Å². The largest absolute Gasteiger partial charge is 0.316 e. The molecule has 1 atom stereocenters. The molecule has 1 aliphatic carbocycles. The third kappa shape index (κ3) is 3.33. The van der Waals surface area contributed by atoms with Gasteiger partial charge in [0.25, 0.3) is 0 Å². The summed E-state index contributed by atoms with van der Waals surface area (Å²) in [6.07, 6.45) is 3.08. The number of carbonyl (C=O) groups is 1. The van der Waals surface area contributed by atoms with Gasteiger partial charge in [0.1, 0.15) is 0 Å². The highest BCUT2D eigenvalue weighted by molar-refractivity contribution is 7.90. The maximum Gasteiger partial charge on any atom is 0.237 e. The summed E-state index contributed by atoms with van der Waals surface area (Å²) in [6, 6.07) is 0. The molecule has 1 amide bonds. The second-order valence-electron chi connectivity index (χ2n) is 4.25. The van der Waals surface area contributed by atoms with Crippen LogP contribution in [0, 0.1) is 5.92 Å². The average Bonchev–Trinajstić information content (AvgIpc) is 3.01. The van der Waals surface area contributed by atoms with E-state index in [1.807, 2.05) is 0 Å². The summed E-state index contributed by atoms with van der Waals surface area (Å²) in [4.78, 5) is 11.6. The lowest BCUT2D eigenvalue weighted by molar-refractivity contribution is -0.123. The highest BCUT2D eigenvalue weighted by Crippen LogP contribution is 2.27. The Morgan fingerprint density at radius 2 is 1.94 bits per heavy atom. The van der Waals surface area contributed by atoms with Gasteiger partial charge in [0.15, 0.2) is 0 Å². The van der Waals surface area contributed by atoms with Gasteiger partial charge in [-0.3, -0.25) is 9.52 Å². The third-order valence-corrected chi connectivity index (χ3v) is 4.71. The zero-order chi connectivity index (χ0) is 10.9. The third-order valence-electron chi connectivity index (χ3n) is 2.87. The molecule has 1 aliphatic heterocycles. The Kier molecular flexibility index (Phi) is 4.58. The van der Waals surface area contributed by atoms with Gasteiger partial charge in [-0.2, -0.15) is 0 Å². The Hall–Kier alpha value is -0.330. The van der Waals surface area contributed by atoms with Gasteiger partial charge in [0.2, 0.25) is 15.9 Å². The lowest BCUT2D eigenvalue weighted by Gasteiger charge is -2.21. The van der Waals surface area contributed by atoms with Crippen molar-refractivity contribution >= 4 is 28.3 Å². The highest BCUT2D eigenvalue weighted by atomic mass is 35.5. The van der Waals surface area contributed by atoms with Crippen molar-refractivity contribution in [2.45, 2.75) is 30.9 Å². The molecule has 1 heterocycles. The van der Waals surface area contributed by atoms with Crippen molar-refractivity contribution in [3.8, 4) is 0 Å². The summed E-state index contributed by atoms with van der Waals surface area (Å²) < 4.78 is 25.2. The molecule has 16 heavy (non-hydrogen) atoms. The van der Waals surface area contributed by atoms with Gasteiger partial charge in [-0.1, -0.05) is 0 Å². The molecule has 2 N–H and O–H groups in total. The van der Waals surface area contributed by atoms with Crippen LogP contribution in [0.3, 0.4) is 0 Å². The van der Waals surface area contributed by atoms with Crippen LogP contribution in [0.1, 0.15) is 25.7 Å². The maximum atomic E-state index is 11.6. The summed E-state index contributed by atoms with van der Waals surface area (Å²) in [5.74, 6) is -0.527. The number of hydrogen-bond donors (Lipinski definition) is 2. The van der Waals surface area contributed by atoms with E-state index in [2.05, 4.69) is 10.0 Å². The first-order valence-corrected chi connectivity index (χ1v) is 6.90. The number of piperidine rings is 1. The highest BCUT2D eigenvalue weighted by Gasteiger charge is 2.38. The number of sulfonamides is 1. The molecule has 0 aromatic carbocycles. The summed E-state index contributed by atoms with van der Waals surface area (Å²) in [7, 11) is -3.36. The molecule has 0 aromatic heterocycles. The smallest absolute Gasteiger partial charge is 0.237 e. The molecule has 2 aliphatic rings. The molecule has 2 fully saturated rings. The van der Waals surface area contributed by atoms with E-state index in [0.29, 0.717) is 19.4 Å². The van der Waals surface area contributed by atoms with Crippen molar-refractivity contribution in [2.75, 3.05) is 13.1 Å². The number of carbonyl (C=O) groups excluding carboxylic acids is 1. The van der Waals surface area contributed by atoms with Gasteiger partial charge in [-0.25, -0.2) is 8.42 Å². The minimum absolute atomic E-state index is 0. The van der Waals surface area contributed by atoms with Crippen LogP contribution >= 0.6 is 12.4 Å². The van der Waals surface area contributed by atoms with Crippen molar-refractivity contribution in [3.63, 3.8) is 0 Å². The van der Waals surface area contributed by atoms with Gasteiger partial charge < -0.3 is 5.32 Å². The molecular formula is C9H17ClN2O3S. The predicted molar refractivity (Wildman–Crippen MR) is 62.9 cm³/mol. The van der Waals surface area contributed by atoms with E-state index in [-0.39, 0.29) is 29.5 Å². The van der Waals surface area contributed by atoms with Crippen molar-refractivity contribution in [1.82, 2.24) is 10.0 Å². The first kappa shape index (κ1) is 13.7. The number of rotatable bonds is 3. The van der Waals surface area contributed by atoms with Crippen molar-refractivity contribution < 1.29 is 13.2 Å². The summed E-state index contributed by atoms with van der Waals surface area (Å²) >= 11 is 0. The van der Waals surface area contributed by atoms with E-state index in [0.717, 1.165) is 19.4 Å². The fraction of sp³-hybridized carbons (Fsp3) is 0.889. The van der Waals surface area contributed by atoms with Gasteiger partial charge in [0, 0.05) is 6.54 Å². The van der Waals surface area contributed by atoms with Gasteiger partial charge in [-0.15, -0.1) is 12.4 Å². The Morgan fingerprint density at radius 3 is 2.44 bits per heavy atom. The van der Waals surface area contributed by atoms with Crippen LogP contribution in [-0.2, 0) is 14.8 Å². The summed E-state index contributed by atoms with van der Waals surface area (Å²) in [5, 5.41) is 2.77. The van der Waals surface area contributed by atoms with E-state index in [9.17, 15) is 13.2 Å². The van der Waals surface area contributed by atoms with E-state index in [1.165, 1.54) is 0 Å². The molecule has 1 saturated carbocycles. The summed E-state index contributed by atoms with van der Waals surface area (Å²) in [6.45, 7) is 1.51. The molecule has 1 saturated heterocycles. The molecular weight excluding hydrogens is 252 g/mol. The van der Waals surface area contributed by atoms with Crippen LogP contribution in [0.15, 0.2) is 0 Å². The zero-order valence-corrected chi connectivity index (χ0v) is 10.6. The fourth-order valence-corrected chi connectivity index (χ4v) is 3.13. The first-order valence-electron chi connectivity index (χ1n) is 5.36. The quantitative estimate of drug-likeness (QED) is 0.757. The van der Waals surface area contributed by atoms with Gasteiger partial charge in [0.05, 0.1) is 11.2 Å². The Bertz CT molecular complexity index is 348. The standard InChI is InChI=1S/C9H16N2O3S.ClH/c12-9(7-2-1-5-10-6-7)11-15(13,14)8-3-4-8;/h7-8,10H,1-6H2,(H,11,12);1H/t7-;/m0./s1. The van der Waals surface area contributed by atoms with Crippen molar-refractivity contribution in [1.29, 1.82) is 0 Å². The van der Waals surface area contributed by atoms with E-state index >= 15 is 0 Å². The Labute approximate surface area is 102 Å². The molecule has 5 nitrogen and oxygen atoms in total. The number of amides is 1. The number of nitrogens with one attached hydrogen (secondary N) is 2. The molecule has 7 heteroatoms. The molecule has 0 aromatic rings. The summed E-state index contributed by atoms with van der Waals surface area (Å²) in [5.41, 5.74) is 0. The molecule has 0 radical (unpaired) electrons. The molecule has 2 rings (SSSR count). The minimum atomic E-state index is -3.36. The molecule has 0 spiro atoms. The van der Waals surface area contributed by atoms with E-state index < -0.39 is 10.0 Å². The van der Waals surface area contributed by atoms with Crippen LogP contribution in [0.5, 0.6) is 0 Å². The zero-order valence-electron chi connectivity index (χ0n) is 8.94. The first-order chi connectivity index (χ1) is 7.09. The minimum Gasteiger partial charge on any atom is -0.316 e.